The van der Waals surface area contributed by atoms with Crippen LogP contribution < -0.4 is 10.1 Å². The maximum Gasteiger partial charge on any atom is 0.220 e. The number of amides is 1. The van der Waals surface area contributed by atoms with Crippen LogP contribution in [0.15, 0.2) is 24.3 Å². The average Bonchev–Trinajstić information content (AvgIpc) is 2.45. The number of carbonyl (C=O) groups is 1. The van der Waals surface area contributed by atoms with Crippen LogP contribution >= 0.6 is 0 Å². The van der Waals surface area contributed by atoms with Crippen molar-refractivity contribution in [3.63, 3.8) is 0 Å². The van der Waals surface area contributed by atoms with E-state index in [9.17, 15) is 9.90 Å². The van der Waals surface area contributed by atoms with Crippen molar-refractivity contribution < 1.29 is 14.6 Å². The first kappa shape index (κ1) is 15.8. The zero-order chi connectivity index (χ0) is 15.2. The molecule has 0 radical (unpaired) electrons. The zero-order valence-electron chi connectivity index (χ0n) is 12.8. The van der Waals surface area contributed by atoms with Gasteiger partial charge in [0.1, 0.15) is 5.75 Å². The van der Waals surface area contributed by atoms with E-state index in [1.807, 2.05) is 24.3 Å². The van der Waals surface area contributed by atoms with E-state index in [2.05, 4.69) is 19.2 Å². The lowest BCUT2D eigenvalue weighted by Crippen LogP contribution is -2.34. The van der Waals surface area contributed by atoms with Gasteiger partial charge in [-0.2, -0.15) is 0 Å². The Balaban J connectivity index is 1.84. The summed E-state index contributed by atoms with van der Waals surface area (Å²) in [5.41, 5.74) is 1.11. The van der Waals surface area contributed by atoms with E-state index in [1.165, 1.54) is 0 Å². The van der Waals surface area contributed by atoms with Crippen LogP contribution in [0.5, 0.6) is 5.75 Å². The van der Waals surface area contributed by atoms with Crippen molar-refractivity contribution in [1.82, 2.24) is 5.32 Å². The fraction of sp³-hybridized carbons (Fsp3) is 0.588. The Morgan fingerprint density at radius 1 is 1.43 bits per heavy atom. The van der Waals surface area contributed by atoms with Gasteiger partial charge in [0, 0.05) is 13.0 Å². The monoisotopic (exact) mass is 291 g/mol. The molecule has 1 aliphatic rings. The molecule has 2 atom stereocenters. The van der Waals surface area contributed by atoms with E-state index in [0.29, 0.717) is 31.9 Å². The molecule has 0 aliphatic carbocycles. The number of para-hydroxylation sites is 1. The van der Waals surface area contributed by atoms with Gasteiger partial charge >= 0.3 is 0 Å². The highest BCUT2D eigenvalue weighted by Gasteiger charge is 2.23. The molecule has 21 heavy (non-hydrogen) atoms. The first-order valence-corrected chi connectivity index (χ1v) is 7.72. The van der Waals surface area contributed by atoms with Crippen molar-refractivity contribution in [3.05, 3.63) is 29.8 Å². The first-order valence-electron chi connectivity index (χ1n) is 7.72. The van der Waals surface area contributed by atoms with Crippen molar-refractivity contribution in [2.75, 3.05) is 13.2 Å². The molecular formula is C17H25NO3. The van der Waals surface area contributed by atoms with E-state index >= 15 is 0 Å². The number of nitrogens with one attached hydrogen (secondary N) is 1. The predicted molar refractivity (Wildman–Crippen MR) is 82.4 cm³/mol. The molecule has 1 aliphatic heterocycles. The molecule has 2 rings (SSSR count). The third-order valence-electron chi connectivity index (χ3n) is 3.79. The summed E-state index contributed by atoms with van der Waals surface area (Å²) in [5.74, 6) is 1.53. The van der Waals surface area contributed by atoms with Gasteiger partial charge in [0.05, 0.1) is 12.7 Å². The standard InChI is InChI=1S/C17H25NO3/c1-12(2)9-14(19)11-18-17(20)10-13-7-8-21-16-6-4-3-5-15(13)16/h3-6,12-14,19H,7-11H2,1-2H3,(H,18,20). The molecule has 1 aromatic rings. The number of hydrogen-bond donors (Lipinski definition) is 2. The normalized spacial score (nSPS) is 18.8. The minimum absolute atomic E-state index is 0.000454. The Kier molecular flexibility index (Phi) is 5.62. The van der Waals surface area contributed by atoms with Crippen LogP contribution in [0, 0.1) is 5.92 Å². The number of aliphatic hydroxyl groups excluding tert-OH is 1. The second kappa shape index (κ2) is 7.46. The Hall–Kier alpha value is -1.55. The maximum atomic E-state index is 12.0. The molecule has 116 valence electrons. The molecule has 1 aromatic carbocycles. The third-order valence-corrected chi connectivity index (χ3v) is 3.79. The zero-order valence-corrected chi connectivity index (χ0v) is 12.8. The Morgan fingerprint density at radius 3 is 2.95 bits per heavy atom. The third kappa shape index (κ3) is 4.74. The van der Waals surface area contributed by atoms with Crippen LogP contribution in [0.4, 0.5) is 0 Å². The van der Waals surface area contributed by atoms with Crippen LogP contribution in [0.1, 0.15) is 44.6 Å². The van der Waals surface area contributed by atoms with Crippen LogP contribution in [-0.4, -0.2) is 30.3 Å². The largest absolute Gasteiger partial charge is 0.493 e. The second-order valence-corrected chi connectivity index (χ2v) is 6.16. The predicted octanol–water partition coefficient (Wildman–Crippen LogP) is 2.47. The highest BCUT2D eigenvalue weighted by Crippen LogP contribution is 2.35. The fourth-order valence-electron chi connectivity index (χ4n) is 2.78. The molecule has 0 saturated heterocycles. The highest BCUT2D eigenvalue weighted by molar-refractivity contribution is 5.77. The summed E-state index contributed by atoms with van der Waals surface area (Å²) in [7, 11) is 0. The quantitative estimate of drug-likeness (QED) is 0.846. The molecule has 1 amide bonds. The Morgan fingerprint density at radius 2 is 2.19 bits per heavy atom. The summed E-state index contributed by atoms with van der Waals surface area (Å²) in [5, 5.41) is 12.6. The van der Waals surface area contributed by atoms with E-state index in [0.717, 1.165) is 17.7 Å². The topological polar surface area (TPSA) is 58.6 Å². The molecule has 2 N–H and O–H groups in total. The minimum atomic E-state index is -0.462. The van der Waals surface area contributed by atoms with Gasteiger partial charge in [-0.15, -0.1) is 0 Å². The van der Waals surface area contributed by atoms with E-state index in [4.69, 9.17) is 4.74 Å². The van der Waals surface area contributed by atoms with E-state index in [-0.39, 0.29) is 11.8 Å². The number of ether oxygens (including phenoxy) is 1. The number of hydrogen-bond acceptors (Lipinski definition) is 3. The van der Waals surface area contributed by atoms with E-state index < -0.39 is 6.10 Å². The SMILES string of the molecule is CC(C)CC(O)CNC(=O)CC1CCOc2ccccc21. The Bertz CT molecular complexity index is 473. The number of fused-ring (bicyclic) bond motifs is 1. The average molecular weight is 291 g/mol. The van der Waals surface area contributed by atoms with Gasteiger partial charge in [-0.05, 0) is 36.3 Å². The summed E-state index contributed by atoms with van der Waals surface area (Å²) in [4.78, 5) is 12.0. The van der Waals surface area contributed by atoms with Gasteiger partial charge < -0.3 is 15.2 Å². The van der Waals surface area contributed by atoms with Crippen molar-refractivity contribution in [1.29, 1.82) is 0 Å². The molecule has 4 heteroatoms. The van der Waals surface area contributed by atoms with Crippen molar-refractivity contribution in [2.24, 2.45) is 5.92 Å². The van der Waals surface area contributed by atoms with Crippen LogP contribution in [0.2, 0.25) is 0 Å². The molecule has 0 fully saturated rings. The van der Waals surface area contributed by atoms with Crippen molar-refractivity contribution in [2.45, 2.75) is 45.1 Å². The molecular weight excluding hydrogens is 266 g/mol. The number of aliphatic hydroxyl groups is 1. The van der Waals surface area contributed by atoms with Gasteiger partial charge in [0.2, 0.25) is 5.91 Å². The molecule has 0 aromatic heterocycles. The second-order valence-electron chi connectivity index (χ2n) is 6.16. The molecule has 4 nitrogen and oxygen atoms in total. The Labute approximate surface area is 126 Å². The highest BCUT2D eigenvalue weighted by atomic mass is 16.5. The van der Waals surface area contributed by atoms with Gasteiger partial charge in [-0.3, -0.25) is 4.79 Å². The van der Waals surface area contributed by atoms with Gasteiger partial charge in [0.25, 0.3) is 0 Å². The number of benzene rings is 1. The van der Waals surface area contributed by atoms with E-state index in [1.54, 1.807) is 0 Å². The number of rotatable bonds is 6. The molecule has 0 saturated carbocycles. The lowest BCUT2D eigenvalue weighted by molar-refractivity contribution is -0.122. The van der Waals surface area contributed by atoms with Crippen LogP contribution in [0.3, 0.4) is 0 Å². The maximum absolute atomic E-state index is 12.0. The lowest BCUT2D eigenvalue weighted by atomic mass is 9.90. The number of carbonyl (C=O) groups excluding carboxylic acids is 1. The first-order chi connectivity index (χ1) is 10.1. The van der Waals surface area contributed by atoms with Gasteiger partial charge in [-0.25, -0.2) is 0 Å². The molecule has 0 bridgehead atoms. The molecule has 1 heterocycles. The van der Waals surface area contributed by atoms with Gasteiger partial charge in [0.15, 0.2) is 0 Å². The lowest BCUT2D eigenvalue weighted by Gasteiger charge is -2.25. The van der Waals surface area contributed by atoms with Crippen LogP contribution in [-0.2, 0) is 4.79 Å². The van der Waals surface area contributed by atoms with Crippen LogP contribution in [0.25, 0.3) is 0 Å². The summed E-state index contributed by atoms with van der Waals surface area (Å²) >= 11 is 0. The molecule has 0 spiro atoms. The summed E-state index contributed by atoms with van der Waals surface area (Å²) in [6, 6.07) is 7.90. The fourth-order valence-corrected chi connectivity index (χ4v) is 2.78. The van der Waals surface area contributed by atoms with Gasteiger partial charge in [-0.1, -0.05) is 32.0 Å². The summed E-state index contributed by atoms with van der Waals surface area (Å²) in [6.07, 6.45) is 1.56. The molecule has 2 unspecified atom stereocenters. The smallest absolute Gasteiger partial charge is 0.220 e. The van der Waals surface area contributed by atoms with Crippen molar-refractivity contribution >= 4 is 5.91 Å². The summed E-state index contributed by atoms with van der Waals surface area (Å²) < 4.78 is 5.61. The minimum Gasteiger partial charge on any atom is -0.493 e. The summed E-state index contributed by atoms with van der Waals surface area (Å²) in [6.45, 7) is 5.11. The van der Waals surface area contributed by atoms with Crippen molar-refractivity contribution in [3.8, 4) is 5.75 Å².